The van der Waals surface area contributed by atoms with Crippen molar-refractivity contribution in [1.82, 2.24) is 9.97 Å². The van der Waals surface area contributed by atoms with Gasteiger partial charge in [-0.2, -0.15) is 0 Å². The first-order chi connectivity index (χ1) is 13.6. The zero-order valence-electron chi connectivity index (χ0n) is 16.0. The monoisotopic (exact) mass is 410 g/mol. The number of nitrogens with two attached hydrogens (primary N) is 1. The number of rotatable bonds is 7. The minimum atomic E-state index is -0.0400. The molecule has 0 saturated carbocycles. The number of aromatic nitrogens is 2. The number of H-pyrrole nitrogens is 1. The molecule has 0 bridgehead atoms. The molecule has 0 aliphatic carbocycles. The molecule has 144 valence electrons. The van der Waals surface area contributed by atoms with Crippen molar-refractivity contribution in [2.45, 2.75) is 38.8 Å². The molecule has 2 atom stereocenters. The number of thiophene rings is 2. The lowest BCUT2D eigenvalue weighted by Gasteiger charge is -2.16. The number of nitrogens with one attached hydrogen (secondary N) is 1. The van der Waals surface area contributed by atoms with E-state index in [0.717, 1.165) is 33.9 Å². The quantitative estimate of drug-likeness (QED) is 0.475. The van der Waals surface area contributed by atoms with E-state index in [2.05, 4.69) is 48.4 Å². The van der Waals surface area contributed by atoms with Crippen LogP contribution in [-0.2, 0) is 6.42 Å². The van der Waals surface area contributed by atoms with Crippen LogP contribution in [0.5, 0.6) is 0 Å². The molecule has 3 heterocycles. The van der Waals surface area contributed by atoms with Gasteiger partial charge < -0.3 is 10.3 Å². The van der Waals surface area contributed by atoms with Crippen LogP contribution in [0.2, 0.25) is 0 Å². The molecule has 0 unspecified atom stereocenters. The second-order valence-electron chi connectivity index (χ2n) is 7.24. The molecular weight excluding hydrogens is 386 g/mol. The van der Waals surface area contributed by atoms with Crippen LogP contribution in [0.1, 0.15) is 37.7 Å². The molecule has 4 aromatic rings. The molecule has 1 aromatic carbocycles. The number of nitrogens with zero attached hydrogens (tertiary/aromatic N) is 1. The fourth-order valence-corrected chi connectivity index (χ4v) is 5.28. The molecule has 0 spiro atoms. The van der Waals surface area contributed by atoms with Gasteiger partial charge in [0.1, 0.15) is 10.9 Å². The molecule has 3 N–H and O–H groups in total. The first kappa shape index (κ1) is 19.1. The molecule has 4 rings (SSSR count). The van der Waals surface area contributed by atoms with Crippen LogP contribution in [-0.4, -0.2) is 16.0 Å². The fraction of sp³-hybridized carbons (Fsp3) is 0.273. The van der Waals surface area contributed by atoms with Crippen LogP contribution in [0.3, 0.4) is 0 Å². The Labute approximate surface area is 172 Å². The predicted molar refractivity (Wildman–Crippen MR) is 118 cm³/mol. The molecule has 28 heavy (non-hydrogen) atoms. The Kier molecular flexibility index (Phi) is 5.71. The first-order valence-electron chi connectivity index (χ1n) is 9.56. The zero-order valence-corrected chi connectivity index (χ0v) is 17.6. The summed E-state index contributed by atoms with van der Waals surface area (Å²) >= 11 is 3.19. The lowest BCUT2D eigenvalue weighted by molar-refractivity contribution is -0.723. The summed E-state index contributed by atoms with van der Waals surface area (Å²) in [4.78, 5) is 22.5. The maximum absolute atomic E-state index is 12.8. The summed E-state index contributed by atoms with van der Waals surface area (Å²) in [6.07, 6.45) is 2.14. The van der Waals surface area contributed by atoms with E-state index in [4.69, 9.17) is 4.98 Å². The number of quaternary nitrogens is 1. The Morgan fingerprint density at radius 2 is 1.93 bits per heavy atom. The van der Waals surface area contributed by atoms with Crippen molar-refractivity contribution >= 4 is 32.9 Å². The normalized spacial score (nSPS) is 13.6. The topological polar surface area (TPSA) is 62.4 Å². The van der Waals surface area contributed by atoms with Gasteiger partial charge in [-0.15, -0.1) is 22.7 Å². The van der Waals surface area contributed by atoms with Crippen LogP contribution in [0.25, 0.3) is 20.7 Å². The Morgan fingerprint density at radius 1 is 1.11 bits per heavy atom. The van der Waals surface area contributed by atoms with Crippen molar-refractivity contribution < 1.29 is 5.32 Å². The fourth-order valence-electron chi connectivity index (χ4n) is 3.51. The number of benzene rings is 1. The van der Waals surface area contributed by atoms with E-state index >= 15 is 0 Å². The molecule has 4 nitrogen and oxygen atoms in total. The van der Waals surface area contributed by atoms with E-state index in [-0.39, 0.29) is 11.6 Å². The smallest absolute Gasteiger partial charge is 0.260 e. The van der Waals surface area contributed by atoms with Crippen LogP contribution < -0.4 is 10.9 Å². The molecule has 0 aliphatic heterocycles. The first-order valence-corrected chi connectivity index (χ1v) is 11.3. The average molecular weight is 411 g/mol. The largest absolute Gasteiger partial charge is 0.336 e. The Hall–Kier alpha value is -2.28. The van der Waals surface area contributed by atoms with Gasteiger partial charge in [0, 0.05) is 22.2 Å². The van der Waals surface area contributed by atoms with E-state index in [9.17, 15) is 4.79 Å². The predicted octanol–water partition coefficient (Wildman–Crippen LogP) is 4.36. The summed E-state index contributed by atoms with van der Waals surface area (Å²) in [5, 5.41) is 7.07. The number of aryl methyl sites for hydroxylation is 1. The molecule has 3 aromatic heterocycles. The maximum atomic E-state index is 12.8. The Balaban J connectivity index is 1.48. The highest BCUT2D eigenvalue weighted by Gasteiger charge is 2.19. The van der Waals surface area contributed by atoms with Crippen molar-refractivity contribution in [1.29, 1.82) is 0 Å². The van der Waals surface area contributed by atoms with E-state index in [1.807, 2.05) is 29.0 Å². The van der Waals surface area contributed by atoms with Crippen LogP contribution >= 0.6 is 22.7 Å². The van der Waals surface area contributed by atoms with Crippen molar-refractivity contribution in [3.63, 3.8) is 0 Å². The van der Waals surface area contributed by atoms with E-state index in [0.29, 0.717) is 11.4 Å². The summed E-state index contributed by atoms with van der Waals surface area (Å²) in [6.45, 7) is 4.34. The van der Waals surface area contributed by atoms with E-state index < -0.39 is 0 Å². The Morgan fingerprint density at radius 3 is 2.68 bits per heavy atom. The summed E-state index contributed by atoms with van der Waals surface area (Å²) in [5.74, 6) is 0.753. The highest BCUT2D eigenvalue weighted by molar-refractivity contribution is 7.18. The van der Waals surface area contributed by atoms with Crippen molar-refractivity contribution in [3.8, 4) is 10.4 Å². The standard InChI is InChI=1S/C22H23N3OS2/c1-14(10-11-16-7-4-3-5-8-16)23-15(2)20-24-21(26)19-17(13-28-22(19)25-20)18-9-6-12-27-18/h3-9,12-15,23H,10-11H2,1-2H3,(H,24,25,26)/p+1/t14-,15+/m1/s1. The van der Waals surface area contributed by atoms with Crippen LogP contribution in [0.4, 0.5) is 0 Å². The average Bonchev–Trinajstić information content (AvgIpc) is 3.36. The van der Waals surface area contributed by atoms with E-state index in [1.165, 1.54) is 5.56 Å². The van der Waals surface area contributed by atoms with Gasteiger partial charge >= 0.3 is 0 Å². The summed E-state index contributed by atoms with van der Waals surface area (Å²) in [5.41, 5.74) is 2.31. The van der Waals surface area contributed by atoms with Crippen molar-refractivity contribution in [3.05, 3.63) is 75.0 Å². The van der Waals surface area contributed by atoms with Gasteiger partial charge in [-0.3, -0.25) is 4.79 Å². The number of hydrogen-bond donors (Lipinski definition) is 2. The van der Waals surface area contributed by atoms with Gasteiger partial charge in [0.05, 0.1) is 11.4 Å². The molecule has 6 heteroatoms. The minimum Gasteiger partial charge on any atom is -0.336 e. The van der Waals surface area contributed by atoms with Gasteiger partial charge in [0.15, 0.2) is 5.82 Å². The molecule has 0 fully saturated rings. The summed E-state index contributed by atoms with van der Waals surface area (Å²) in [7, 11) is 0. The van der Waals surface area contributed by atoms with Crippen molar-refractivity contribution in [2.24, 2.45) is 0 Å². The highest BCUT2D eigenvalue weighted by atomic mass is 32.1. The number of aromatic amines is 1. The third-order valence-electron chi connectivity index (χ3n) is 5.03. The summed E-state index contributed by atoms with van der Waals surface area (Å²) in [6, 6.07) is 15.2. The SMILES string of the molecule is C[C@H](CCc1ccccc1)[NH2+][C@@H](C)c1nc2scc(-c3cccs3)c2c(=O)[nH]1. The molecule has 0 amide bonds. The zero-order chi connectivity index (χ0) is 19.5. The second-order valence-corrected chi connectivity index (χ2v) is 9.05. The lowest BCUT2D eigenvalue weighted by atomic mass is 10.1. The lowest BCUT2D eigenvalue weighted by Crippen LogP contribution is -2.89. The van der Waals surface area contributed by atoms with Gasteiger partial charge in [0.25, 0.3) is 5.56 Å². The van der Waals surface area contributed by atoms with Crippen molar-refractivity contribution in [2.75, 3.05) is 0 Å². The third kappa shape index (κ3) is 4.09. The molecule has 0 aliphatic rings. The molecule has 0 radical (unpaired) electrons. The van der Waals surface area contributed by atoms with E-state index in [1.54, 1.807) is 22.7 Å². The van der Waals surface area contributed by atoms with Gasteiger partial charge in [-0.05, 0) is 37.3 Å². The number of hydrogen-bond acceptors (Lipinski definition) is 4. The maximum Gasteiger partial charge on any atom is 0.260 e. The minimum absolute atomic E-state index is 0.0400. The molecule has 0 saturated heterocycles. The Bertz CT molecular complexity index is 1100. The second kappa shape index (κ2) is 8.39. The van der Waals surface area contributed by atoms with Gasteiger partial charge in [-0.25, -0.2) is 4.98 Å². The van der Waals surface area contributed by atoms with Crippen LogP contribution in [0.15, 0.2) is 58.0 Å². The van der Waals surface area contributed by atoms with Gasteiger partial charge in [-0.1, -0.05) is 36.4 Å². The van der Waals surface area contributed by atoms with Crippen LogP contribution in [0, 0.1) is 0 Å². The van der Waals surface area contributed by atoms with Gasteiger partial charge in [0.2, 0.25) is 0 Å². The summed E-state index contributed by atoms with van der Waals surface area (Å²) < 4.78 is 0. The highest BCUT2D eigenvalue weighted by Crippen LogP contribution is 2.33. The third-order valence-corrected chi connectivity index (χ3v) is 6.80. The number of fused-ring (bicyclic) bond motifs is 1. The molecular formula is C22H24N3OS2+.